The number of ether oxygens (including phenoxy) is 1. The smallest absolute Gasteiger partial charge is 0.311 e. The van der Waals surface area contributed by atoms with E-state index in [4.69, 9.17) is 26.7 Å². The van der Waals surface area contributed by atoms with E-state index in [1.54, 1.807) is 0 Å². The van der Waals surface area contributed by atoms with Gasteiger partial charge in [-0.3, -0.25) is 4.79 Å². The number of anilines is 1. The number of halogens is 1. The number of carboxylic acids is 1. The molecule has 1 saturated heterocycles. The Labute approximate surface area is 108 Å². The van der Waals surface area contributed by atoms with E-state index < -0.39 is 17.9 Å². The number of nitrogens with zero attached hydrogens (tertiary/aromatic N) is 2. The SMILES string of the molecule is N#Cc1ccnc(NC2COCC2C(=O)O)c1Cl. The minimum absolute atomic E-state index is 0.155. The van der Waals surface area contributed by atoms with Gasteiger partial charge in [-0.25, -0.2) is 4.98 Å². The zero-order chi connectivity index (χ0) is 13.1. The molecule has 0 spiro atoms. The lowest BCUT2D eigenvalue weighted by molar-refractivity contribution is -0.141. The molecule has 2 N–H and O–H groups in total. The van der Waals surface area contributed by atoms with Crippen molar-refractivity contribution in [3.63, 3.8) is 0 Å². The van der Waals surface area contributed by atoms with E-state index >= 15 is 0 Å². The van der Waals surface area contributed by atoms with Crippen LogP contribution in [0.15, 0.2) is 12.3 Å². The topological polar surface area (TPSA) is 95.2 Å². The third kappa shape index (κ3) is 2.37. The molecule has 7 heteroatoms. The first-order valence-corrected chi connectivity index (χ1v) is 5.63. The zero-order valence-electron chi connectivity index (χ0n) is 9.26. The Morgan fingerprint density at radius 1 is 1.67 bits per heavy atom. The fourth-order valence-corrected chi connectivity index (χ4v) is 1.95. The van der Waals surface area contributed by atoms with Gasteiger partial charge in [0.1, 0.15) is 22.8 Å². The van der Waals surface area contributed by atoms with Crippen LogP contribution >= 0.6 is 11.6 Å². The van der Waals surface area contributed by atoms with E-state index in [0.717, 1.165) is 0 Å². The molecule has 1 aromatic rings. The summed E-state index contributed by atoms with van der Waals surface area (Å²) in [4.78, 5) is 15.0. The standard InChI is InChI=1S/C11H10ClN3O3/c12-9-6(3-13)1-2-14-10(9)15-8-5-18-4-7(8)11(16)17/h1-2,7-8H,4-5H2,(H,14,15)(H,16,17). The molecule has 1 aromatic heterocycles. The fraction of sp³-hybridized carbons (Fsp3) is 0.364. The van der Waals surface area contributed by atoms with Gasteiger partial charge < -0.3 is 15.2 Å². The Hall–Kier alpha value is -1.84. The average Bonchev–Trinajstić information content (AvgIpc) is 2.80. The number of aromatic nitrogens is 1. The number of aliphatic carboxylic acids is 1. The summed E-state index contributed by atoms with van der Waals surface area (Å²) in [6.45, 7) is 0.425. The molecule has 1 aliphatic heterocycles. The number of rotatable bonds is 3. The largest absolute Gasteiger partial charge is 0.481 e. The maximum Gasteiger partial charge on any atom is 0.311 e. The quantitative estimate of drug-likeness (QED) is 0.852. The highest BCUT2D eigenvalue weighted by molar-refractivity contribution is 6.34. The summed E-state index contributed by atoms with van der Waals surface area (Å²) in [5.74, 6) is -1.27. The molecule has 94 valence electrons. The molecule has 2 atom stereocenters. The summed E-state index contributed by atoms with van der Waals surface area (Å²) in [5, 5.41) is 20.9. The summed E-state index contributed by atoms with van der Waals surface area (Å²) in [7, 11) is 0. The van der Waals surface area contributed by atoms with Gasteiger partial charge in [-0.2, -0.15) is 5.26 Å². The predicted octanol–water partition coefficient (Wildman–Crippen LogP) is 1.12. The number of nitriles is 1. The number of nitrogens with one attached hydrogen (secondary N) is 1. The number of carboxylic acid groups (broad SMARTS) is 1. The molecule has 0 bridgehead atoms. The first-order chi connectivity index (χ1) is 8.63. The molecule has 0 aromatic carbocycles. The summed E-state index contributed by atoms with van der Waals surface area (Å²) in [6.07, 6.45) is 1.44. The van der Waals surface area contributed by atoms with Crippen LogP contribution in [0.4, 0.5) is 5.82 Å². The molecular weight excluding hydrogens is 258 g/mol. The van der Waals surface area contributed by atoms with Crippen LogP contribution in [0.25, 0.3) is 0 Å². The maximum absolute atomic E-state index is 11.0. The summed E-state index contributed by atoms with van der Waals surface area (Å²) >= 11 is 5.98. The fourth-order valence-electron chi connectivity index (χ4n) is 1.75. The molecular formula is C11H10ClN3O3. The van der Waals surface area contributed by atoms with Gasteiger partial charge in [0.15, 0.2) is 0 Å². The third-order valence-electron chi connectivity index (χ3n) is 2.73. The second-order valence-electron chi connectivity index (χ2n) is 3.87. The lowest BCUT2D eigenvalue weighted by Crippen LogP contribution is -2.33. The Morgan fingerprint density at radius 3 is 3.11 bits per heavy atom. The second-order valence-corrected chi connectivity index (χ2v) is 4.24. The first kappa shape index (κ1) is 12.6. The summed E-state index contributed by atoms with van der Waals surface area (Å²) in [6, 6.07) is 3.03. The van der Waals surface area contributed by atoms with Crippen molar-refractivity contribution in [1.29, 1.82) is 5.26 Å². The van der Waals surface area contributed by atoms with E-state index in [0.29, 0.717) is 11.4 Å². The van der Waals surface area contributed by atoms with E-state index in [1.165, 1.54) is 12.3 Å². The van der Waals surface area contributed by atoms with Crippen LogP contribution in [-0.2, 0) is 9.53 Å². The lowest BCUT2D eigenvalue weighted by Gasteiger charge is -2.17. The van der Waals surface area contributed by atoms with Crippen molar-refractivity contribution in [3.05, 3.63) is 22.8 Å². The van der Waals surface area contributed by atoms with Crippen molar-refractivity contribution in [2.75, 3.05) is 18.5 Å². The van der Waals surface area contributed by atoms with Crippen molar-refractivity contribution in [1.82, 2.24) is 4.98 Å². The van der Waals surface area contributed by atoms with Crippen LogP contribution in [0.3, 0.4) is 0 Å². The average molecular weight is 268 g/mol. The molecule has 0 amide bonds. The van der Waals surface area contributed by atoms with Gasteiger partial charge in [0.05, 0.1) is 24.8 Å². The Bertz CT molecular complexity index is 515. The van der Waals surface area contributed by atoms with Crippen LogP contribution in [0, 0.1) is 17.2 Å². The Balaban J connectivity index is 2.19. The van der Waals surface area contributed by atoms with Gasteiger partial charge in [0, 0.05) is 6.20 Å². The lowest BCUT2D eigenvalue weighted by atomic mass is 10.0. The van der Waals surface area contributed by atoms with Gasteiger partial charge in [-0.05, 0) is 6.07 Å². The van der Waals surface area contributed by atoms with E-state index in [2.05, 4.69) is 10.3 Å². The predicted molar refractivity (Wildman–Crippen MR) is 63.3 cm³/mol. The van der Waals surface area contributed by atoms with E-state index in [9.17, 15) is 4.79 Å². The van der Waals surface area contributed by atoms with Crippen molar-refractivity contribution in [2.24, 2.45) is 5.92 Å². The van der Waals surface area contributed by atoms with Gasteiger partial charge >= 0.3 is 5.97 Å². The number of carbonyl (C=O) groups is 1. The zero-order valence-corrected chi connectivity index (χ0v) is 10.0. The van der Waals surface area contributed by atoms with Crippen LogP contribution in [-0.4, -0.2) is 35.3 Å². The third-order valence-corrected chi connectivity index (χ3v) is 3.11. The first-order valence-electron chi connectivity index (χ1n) is 5.25. The molecule has 1 aliphatic rings. The Morgan fingerprint density at radius 2 is 2.44 bits per heavy atom. The Kier molecular flexibility index (Phi) is 3.65. The monoisotopic (exact) mass is 267 g/mol. The van der Waals surface area contributed by atoms with E-state index in [1.807, 2.05) is 6.07 Å². The number of hydrogen-bond donors (Lipinski definition) is 2. The number of hydrogen-bond acceptors (Lipinski definition) is 5. The van der Waals surface area contributed by atoms with Crippen molar-refractivity contribution >= 4 is 23.4 Å². The minimum Gasteiger partial charge on any atom is -0.481 e. The van der Waals surface area contributed by atoms with Gasteiger partial charge in [0.2, 0.25) is 0 Å². The molecule has 2 rings (SSSR count). The molecule has 0 radical (unpaired) electrons. The van der Waals surface area contributed by atoms with E-state index in [-0.39, 0.29) is 18.2 Å². The minimum atomic E-state index is -0.933. The molecule has 0 aliphatic carbocycles. The number of pyridine rings is 1. The molecule has 2 unspecified atom stereocenters. The van der Waals surface area contributed by atoms with Crippen molar-refractivity contribution in [3.8, 4) is 6.07 Å². The highest BCUT2D eigenvalue weighted by Gasteiger charge is 2.34. The van der Waals surface area contributed by atoms with Gasteiger partial charge in [-0.1, -0.05) is 11.6 Å². The molecule has 1 fully saturated rings. The molecule has 0 saturated carbocycles. The van der Waals surface area contributed by atoms with Gasteiger partial charge in [-0.15, -0.1) is 0 Å². The van der Waals surface area contributed by atoms with Crippen LogP contribution in [0.1, 0.15) is 5.56 Å². The molecule has 2 heterocycles. The van der Waals surface area contributed by atoms with Crippen molar-refractivity contribution in [2.45, 2.75) is 6.04 Å². The highest BCUT2D eigenvalue weighted by Crippen LogP contribution is 2.26. The van der Waals surface area contributed by atoms with Crippen LogP contribution < -0.4 is 5.32 Å². The highest BCUT2D eigenvalue weighted by atomic mass is 35.5. The van der Waals surface area contributed by atoms with Gasteiger partial charge in [0.25, 0.3) is 0 Å². The second kappa shape index (κ2) is 5.21. The van der Waals surface area contributed by atoms with Crippen molar-refractivity contribution < 1.29 is 14.6 Å². The summed E-state index contributed by atoms with van der Waals surface area (Å²) in [5.41, 5.74) is 0.292. The van der Waals surface area contributed by atoms with Crippen LogP contribution in [0.5, 0.6) is 0 Å². The molecule has 6 nitrogen and oxygen atoms in total. The van der Waals surface area contributed by atoms with Crippen LogP contribution in [0.2, 0.25) is 5.02 Å². The maximum atomic E-state index is 11.0. The summed E-state index contributed by atoms with van der Waals surface area (Å²) < 4.78 is 5.12. The molecule has 18 heavy (non-hydrogen) atoms. The normalized spacial score (nSPS) is 22.4.